The lowest BCUT2D eigenvalue weighted by Gasteiger charge is -2.23. The predicted molar refractivity (Wildman–Crippen MR) is 76.8 cm³/mol. The van der Waals surface area contributed by atoms with E-state index in [1.807, 2.05) is 19.9 Å². The lowest BCUT2D eigenvalue weighted by molar-refractivity contribution is -0.146. The van der Waals surface area contributed by atoms with Crippen molar-refractivity contribution in [1.29, 1.82) is 0 Å². The first-order chi connectivity index (χ1) is 8.81. The van der Waals surface area contributed by atoms with E-state index in [0.29, 0.717) is 17.9 Å². The van der Waals surface area contributed by atoms with Crippen LogP contribution >= 0.6 is 0 Å². The molecule has 0 saturated heterocycles. The number of ether oxygens (including phenoxy) is 2. The highest BCUT2D eigenvalue weighted by molar-refractivity contribution is 5.88. The highest BCUT2D eigenvalue weighted by Crippen LogP contribution is 2.18. The van der Waals surface area contributed by atoms with Gasteiger partial charge in [-0.3, -0.25) is 0 Å². The third kappa shape index (κ3) is 4.83. The van der Waals surface area contributed by atoms with Gasteiger partial charge in [0.25, 0.3) is 0 Å². The summed E-state index contributed by atoms with van der Waals surface area (Å²) in [7, 11) is 0. The Bertz CT molecular complexity index is 381. The molecule has 2 aliphatic rings. The van der Waals surface area contributed by atoms with Crippen LogP contribution in [0, 0.1) is 11.8 Å². The van der Waals surface area contributed by atoms with E-state index in [-0.39, 0.29) is 12.1 Å². The Morgan fingerprint density at radius 3 is 2.05 bits per heavy atom. The molecule has 0 radical (unpaired) electrons. The van der Waals surface area contributed by atoms with Crippen molar-refractivity contribution in [2.24, 2.45) is 11.8 Å². The van der Waals surface area contributed by atoms with Gasteiger partial charge in [-0.25, -0.2) is 4.79 Å². The van der Waals surface area contributed by atoms with Gasteiger partial charge in [0.05, 0.1) is 12.7 Å². The highest BCUT2D eigenvalue weighted by Gasteiger charge is 2.21. The maximum absolute atomic E-state index is 10.9. The molecule has 3 nitrogen and oxygen atoms in total. The quantitative estimate of drug-likeness (QED) is 0.497. The third-order valence-electron chi connectivity index (χ3n) is 3.73. The summed E-state index contributed by atoms with van der Waals surface area (Å²) in [5.74, 6) is 0.780. The topological polar surface area (TPSA) is 35.5 Å². The standard InChI is InChI=1S/C8H12O2.C8H14O/c1-5-4-6(2)8(9)10-7(5)3;1-6-4-7(2)8(3)9-5-6/h4-5,7H,1-3H3;4,7-8H,5H2,1-3H3/t5-,7-;7-,8-/m11/s1. The molecule has 0 spiro atoms. The van der Waals surface area contributed by atoms with Crippen molar-refractivity contribution in [1.82, 2.24) is 0 Å². The van der Waals surface area contributed by atoms with Gasteiger partial charge in [-0.15, -0.1) is 0 Å². The molecule has 19 heavy (non-hydrogen) atoms. The van der Waals surface area contributed by atoms with Gasteiger partial charge >= 0.3 is 5.97 Å². The lowest BCUT2D eigenvalue weighted by atomic mass is 10.0. The van der Waals surface area contributed by atoms with Crippen molar-refractivity contribution in [3.05, 3.63) is 23.3 Å². The molecule has 0 aromatic rings. The van der Waals surface area contributed by atoms with Crippen molar-refractivity contribution < 1.29 is 14.3 Å². The Kier molecular flexibility index (Phi) is 5.80. The summed E-state index contributed by atoms with van der Waals surface area (Å²) in [4.78, 5) is 10.9. The van der Waals surface area contributed by atoms with Crippen LogP contribution in [0.5, 0.6) is 0 Å². The molecule has 0 aromatic heterocycles. The number of hydrogen-bond donors (Lipinski definition) is 0. The van der Waals surface area contributed by atoms with E-state index in [9.17, 15) is 4.79 Å². The van der Waals surface area contributed by atoms with Gasteiger partial charge in [-0.2, -0.15) is 0 Å². The van der Waals surface area contributed by atoms with Crippen molar-refractivity contribution in [3.63, 3.8) is 0 Å². The lowest BCUT2D eigenvalue weighted by Crippen LogP contribution is -2.26. The Morgan fingerprint density at radius 1 is 1.00 bits per heavy atom. The van der Waals surface area contributed by atoms with E-state index in [1.165, 1.54) is 5.57 Å². The Balaban J connectivity index is 0.000000191. The molecule has 0 aromatic carbocycles. The molecule has 2 heterocycles. The predicted octanol–water partition coefficient (Wildman–Crippen LogP) is 3.50. The third-order valence-corrected chi connectivity index (χ3v) is 3.73. The van der Waals surface area contributed by atoms with Gasteiger partial charge in [0.15, 0.2) is 0 Å². The molecule has 0 bridgehead atoms. The van der Waals surface area contributed by atoms with Crippen LogP contribution in [0.2, 0.25) is 0 Å². The van der Waals surface area contributed by atoms with Crippen molar-refractivity contribution >= 4 is 5.97 Å². The summed E-state index contributed by atoms with van der Waals surface area (Å²) in [6.07, 6.45) is 4.69. The molecule has 0 amide bonds. The molecule has 0 aliphatic carbocycles. The zero-order chi connectivity index (χ0) is 14.6. The fraction of sp³-hybridized carbons (Fsp3) is 0.688. The molecule has 0 fully saturated rings. The molecule has 3 heteroatoms. The molecular formula is C16H26O3. The van der Waals surface area contributed by atoms with Crippen LogP contribution in [0.15, 0.2) is 23.3 Å². The van der Waals surface area contributed by atoms with Crippen LogP contribution in [0.25, 0.3) is 0 Å². The minimum absolute atomic E-state index is 0.0381. The van der Waals surface area contributed by atoms with Crippen LogP contribution in [-0.2, 0) is 14.3 Å². The molecule has 0 N–H and O–H groups in total. The van der Waals surface area contributed by atoms with E-state index in [4.69, 9.17) is 9.47 Å². The summed E-state index contributed by atoms with van der Waals surface area (Å²) in [6.45, 7) is 13.0. The SMILES string of the molecule is CC1=C[C@@H](C)[C@@H](C)OC1.CC1=C[C@@H](C)[C@@H](C)OC1=O. The molecular weight excluding hydrogens is 240 g/mol. The van der Waals surface area contributed by atoms with E-state index in [2.05, 4.69) is 26.8 Å². The maximum atomic E-state index is 10.9. The second kappa shape index (κ2) is 6.90. The van der Waals surface area contributed by atoms with Crippen LogP contribution in [-0.4, -0.2) is 24.8 Å². The molecule has 2 rings (SSSR count). The first-order valence-corrected chi connectivity index (χ1v) is 6.99. The van der Waals surface area contributed by atoms with Crippen LogP contribution in [0.1, 0.15) is 41.5 Å². The van der Waals surface area contributed by atoms with Gasteiger partial charge in [0, 0.05) is 17.4 Å². The van der Waals surface area contributed by atoms with E-state index in [0.717, 1.165) is 12.2 Å². The Labute approximate surface area is 116 Å². The van der Waals surface area contributed by atoms with Gasteiger partial charge in [-0.05, 0) is 27.7 Å². The average Bonchev–Trinajstić information content (AvgIpc) is 2.33. The monoisotopic (exact) mass is 266 g/mol. The summed E-state index contributed by atoms with van der Waals surface area (Å²) in [5, 5.41) is 0. The smallest absolute Gasteiger partial charge is 0.333 e. The van der Waals surface area contributed by atoms with Crippen molar-refractivity contribution in [2.75, 3.05) is 6.61 Å². The molecule has 2 aliphatic heterocycles. The number of esters is 1. The zero-order valence-electron chi connectivity index (χ0n) is 12.9. The minimum atomic E-state index is -0.175. The van der Waals surface area contributed by atoms with Gasteiger partial charge < -0.3 is 9.47 Å². The van der Waals surface area contributed by atoms with Gasteiger partial charge in [0.1, 0.15) is 6.10 Å². The zero-order valence-corrected chi connectivity index (χ0v) is 12.9. The van der Waals surface area contributed by atoms with E-state index in [1.54, 1.807) is 6.92 Å². The number of carbonyl (C=O) groups excluding carboxylic acids is 1. The van der Waals surface area contributed by atoms with Crippen molar-refractivity contribution in [2.45, 2.75) is 53.8 Å². The molecule has 4 atom stereocenters. The second-order valence-electron chi connectivity index (χ2n) is 5.71. The molecule has 0 unspecified atom stereocenters. The van der Waals surface area contributed by atoms with E-state index >= 15 is 0 Å². The Morgan fingerprint density at radius 2 is 1.58 bits per heavy atom. The molecule has 0 saturated carbocycles. The summed E-state index contributed by atoms with van der Waals surface area (Å²) >= 11 is 0. The fourth-order valence-electron chi connectivity index (χ4n) is 2.01. The van der Waals surface area contributed by atoms with Gasteiger partial charge in [0.2, 0.25) is 0 Å². The maximum Gasteiger partial charge on any atom is 0.333 e. The molecule has 108 valence electrons. The number of cyclic esters (lactones) is 1. The largest absolute Gasteiger partial charge is 0.459 e. The summed E-state index contributed by atoms with van der Waals surface area (Å²) in [5.41, 5.74) is 2.09. The highest BCUT2D eigenvalue weighted by atomic mass is 16.5. The normalized spacial score (nSPS) is 34.5. The summed E-state index contributed by atoms with van der Waals surface area (Å²) in [6, 6.07) is 0. The minimum Gasteiger partial charge on any atom is -0.459 e. The fourth-order valence-corrected chi connectivity index (χ4v) is 2.01. The first kappa shape index (κ1) is 16.0. The number of carbonyl (C=O) groups is 1. The summed E-state index contributed by atoms with van der Waals surface area (Å²) < 4.78 is 10.4. The van der Waals surface area contributed by atoms with Crippen LogP contribution in [0.4, 0.5) is 0 Å². The number of hydrogen-bond acceptors (Lipinski definition) is 3. The van der Waals surface area contributed by atoms with Gasteiger partial charge in [-0.1, -0.05) is 31.6 Å². The van der Waals surface area contributed by atoms with E-state index < -0.39 is 0 Å². The van der Waals surface area contributed by atoms with Crippen molar-refractivity contribution in [3.8, 4) is 0 Å². The van der Waals surface area contributed by atoms with Crippen LogP contribution in [0.3, 0.4) is 0 Å². The first-order valence-electron chi connectivity index (χ1n) is 6.99. The second-order valence-corrected chi connectivity index (χ2v) is 5.71. The average molecular weight is 266 g/mol. The number of rotatable bonds is 0. The van der Waals surface area contributed by atoms with Crippen LogP contribution < -0.4 is 0 Å². The Hall–Kier alpha value is -1.09.